The summed E-state index contributed by atoms with van der Waals surface area (Å²) in [7, 11) is 0. The number of carbonyl (C=O) groups is 1. The molecule has 0 aromatic heterocycles. The molecule has 1 amide bonds. The second kappa shape index (κ2) is 6.75. The third kappa shape index (κ3) is 4.12. The van der Waals surface area contributed by atoms with Crippen LogP contribution in [0.1, 0.15) is 24.8 Å². The molecule has 0 unspecified atom stereocenters. The Labute approximate surface area is 119 Å². The quantitative estimate of drug-likeness (QED) is 0.862. The number of carbonyl (C=O) groups excluding carboxylic acids is 1. The van der Waals surface area contributed by atoms with Crippen molar-refractivity contribution in [3.8, 4) is 0 Å². The summed E-state index contributed by atoms with van der Waals surface area (Å²) in [5.74, 6) is -0.337. The average molecular weight is 268 g/mol. The van der Waals surface area contributed by atoms with Crippen molar-refractivity contribution >= 4 is 11.5 Å². The fraction of sp³-hybridized carbons (Fsp3) is 0.235. The first-order chi connectivity index (χ1) is 9.65. The van der Waals surface area contributed by atoms with Crippen LogP contribution in [0.3, 0.4) is 0 Å². The molecule has 0 bridgehead atoms. The van der Waals surface area contributed by atoms with Crippen molar-refractivity contribution in [1.29, 1.82) is 0 Å². The van der Waals surface area contributed by atoms with E-state index >= 15 is 0 Å². The van der Waals surface area contributed by atoms with Gasteiger partial charge in [0.1, 0.15) is 0 Å². The third-order valence-corrected chi connectivity index (χ3v) is 3.27. The fourth-order valence-corrected chi connectivity index (χ4v) is 2.26. The number of rotatable bonds is 5. The highest BCUT2D eigenvalue weighted by Crippen LogP contribution is 2.24. The summed E-state index contributed by atoms with van der Waals surface area (Å²) >= 11 is 0. The highest BCUT2D eigenvalue weighted by Gasteiger charge is 2.08. The van der Waals surface area contributed by atoms with Gasteiger partial charge in [0.05, 0.1) is 6.54 Å². The molecule has 1 aromatic carbocycles. The Kier molecular flexibility index (Phi) is 4.77. The predicted octanol–water partition coefficient (Wildman–Crippen LogP) is 2.77. The number of primary amides is 1. The van der Waals surface area contributed by atoms with Crippen LogP contribution in [0.15, 0.2) is 60.3 Å². The van der Waals surface area contributed by atoms with Gasteiger partial charge < -0.3 is 11.1 Å². The molecular formula is C17H20N2O. The summed E-state index contributed by atoms with van der Waals surface area (Å²) < 4.78 is 0. The number of hydrogen-bond donors (Lipinski definition) is 2. The van der Waals surface area contributed by atoms with Crippen LogP contribution in [-0.2, 0) is 4.79 Å². The number of hydrogen-bond acceptors (Lipinski definition) is 2. The Bertz CT molecular complexity index is 556. The van der Waals surface area contributed by atoms with E-state index in [1.165, 1.54) is 5.57 Å². The number of nitrogens with two attached hydrogens (primary N) is 1. The monoisotopic (exact) mass is 268 g/mol. The highest BCUT2D eigenvalue weighted by atomic mass is 16.1. The molecule has 2 rings (SSSR count). The number of amides is 1. The molecule has 0 fully saturated rings. The van der Waals surface area contributed by atoms with Gasteiger partial charge in [-0.25, -0.2) is 0 Å². The van der Waals surface area contributed by atoms with Gasteiger partial charge in [-0.05, 0) is 42.0 Å². The molecule has 1 aromatic rings. The van der Waals surface area contributed by atoms with Gasteiger partial charge in [0.15, 0.2) is 0 Å². The summed E-state index contributed by atoms with van der Waals surface area (Å²) in [4.78, 5) is 10.8. The maximum atomic E-state index is 10.8. The van der Waals surface area contributed by atoms with Gasteiger partial charge in [-0.3, -0.25) is 4.79 Å². The maximum absolute atomic E-state index is 10.8. The van der Waals surface area contributed by atoms with E-state index in [1.54, 1.807) is 0 Å². The van der Waals surface area contributed by atoms with E-state index in [0.717, 1.165) is 36.1 Å². The summed E-state index contributed by atoms with van der Waals surface area (Å²) in [6.07, 6.45) is 7.28. The van der Waals surface area contributed by atoms with Gasteiger partial charge in [0.25, 0.3) is 0 Å². The van der Waals surface area contributed by atoms with E-state index in [4.69, 9.17) is 5.73 Å². The van der Waals surface area contributed by atoms with Crippen LogP contribution in [-0.4, -0.2) is 12.5 Å². The van der Waals surface area contributed by atoms with Crippen LogP contribution in [0.5, 0.6) is 0 Å². The van der Waals surface area contributed by atoms with Crippen molar-refractivity contribution in [2.75, 3.05) is 6.54 Å². The van der Waals surface area contributed by atoms with Gasteiger partial charge >= 0.3 is 0 Å². The molecule has 0 saturated carbocycles. The van der Waals surface area contributed by atoms with E-state index < -0.39 is 0 Å². The zero-order valence-corrected chi connectivity index (χ0v) is 11.6. The molecule has 1 aliphatic carbocycles. The van der Waals surface area contributed by atoms with Gasteiger partial charge in [-0.1, -0.05) is 43.0 Å². The molecule has 0 heterocycles. The summed E-state index contributed by atoms with van der Waals surface area (Å²) in [6, 6.07) is 10.1. The molecule has 3 N–H and O–H groups in total. The Hall–Kier alpha value is -2.29. The van der Waals surface area contributed by atoms with Gasteiger partial charge in [-0.2, -0.15) is 0 Å². The molecule has 1 aliphatic rings. The second-order valence-electron chi connectivity index (χ2n) is 4.95. The van der Waals surface area contributed by atoms with E-state index in [-0.39, 0.29) is 12.5 Å². The standard InChI is InChI=1S/C17H20N2O/c1-13(15-7-3-2-4-8-15)10-14-6-5-9-16(11-14)19-12-17(18)20/h2-4,7-8,10-11,19H,1,5-6,9,12H2,(H2,18,20). The summed E-state index contributed by atoms with van der Waals surface area (Å²) in [5, 5.41) is 3.08. The largest absolute Gasteiger partial charge is 0.380 e. The Balaban J connectivity index is 2.07. The van der Waals surface area contributed by atoms with Gasteiger partial charge in [0.2, 0.25) is 5.91 Å². The zero-order valence-electron chi connectivity index (χ0n) is 11.6. The lowest BCUT2D eigenvalue weighted by Gasteiger charge is -2.16. The van der Waals surface area contributed by atoms with Crippen LogP contribution >= 0.6 is 0 Å². The first-order valence-electron chi connectivity index (χ1n) is 6.83. The van der Waals surface area contributed by atoms with Crippen molar-refractivity contribution in [3.05, 3.63) is 65.9 Å². The lowest BCUT2D eigenvalue weighted by Crippen LogP contribution is -2.28. The fourth-order valence-electron chi connectivity index (χ4n) is 2.26. The van der Waals surface area contributed by atoms with Crippen molar-refractivity contribution < 1.29 is 4.79 Å². The second-order valence-corrected chi connectivity index (χ2v) is 4.95. The minimum atomic E-state index is -0.337. The highest BCUT2D eigenvalue weighted by molar-refractivity contribution is 5.76. The first kappa shape index (κ1) is 14.1. The summed E-state index contributed by atoms with van der Waals surface area (Å²) in [6.45, 7) is 4.31. The topological polar surface area (TPSA) is 55.1 Å². The lowest BCUT2D eigenvalue weighted by atomic mass is 9.96. The first-order valence-corrected chi connectivity index (χ1v) is 6.83. The van der Waals surface area contributed by atoms with Crippen LogP contribution < -0.4 is 11.1 Å². The molecular weight excluding hydrogens is 248 g/mol. The van der Waals surface area contributed by atoms with E-state index in [2.05, 4.69) is 36.2 Å². The van der Waals surface area contributed by atoms with Crippen molar-refractivity contribution in [2.45, 2.75) is 19.3 Å². The third-order valence-electron chi connectivity index (χ3n) is 3.27. The van der Waals surface area contributed by atoms with Gasteiger partial charge in [0, 0.05) is 5.70 Å². The molecule has 0 aliphatic heterocycles. The van der Waals surface area contributed by atoms with E-state index in [1.807, 2.05) is 18.2 Å². The van der Waals surface area contributed by atoms with Crippen LogP contribution in [0.25, 0.3) is 5.57 Å². The van der Waals surface area contributed by atoms with Crippen molar-refractivity contribution in [2.24, 2.45) is 5.73 Å². The Morgan fingerprint density at radius 3 is 2.75 bits per heavy atom. The van der Waals surface area contributed by atoms with E-state index in [0.29, 0.717) is 0 Å². The molecule has 3 heteroatoms. The maximum Gasteiger partial charge on any atom is 0.236 e. The molecule has 104 valence electrons. The molecule has 0 saturated heterocycles. The molecule has 0 spiro atoms. The minimum Gasteiger partial charge on any atom is -0.380 e. The zero-order chi connectivity index (χ0) is 14.4. The van der Waals surface area contributed by atoms with Crippen LogP contribution in [0.4, 0.5) is 0 Å². The van der Waals surface area contributed by atoms with Crippen LogP contribution in [0.2, 0.25) is 0 Å². The minimum absolute atomic E-state index is 0.193. The van der Waals surface area contributed by atoms with Crippen molar-refractivity contribution in [1.82, 2.24) is 5.32 Å². The van der Waals surface area contributed by atoms with Crippen molar-refractivity contribution in [3.63, 3.8) is 0 Å². The molecule has 0 atom stereocenters. The van der Waals surface area contributed by atoms with E-state index in [9.17, 15) is 4.79 Å². The average Bonchev–Trinajstić information content (AvgIpc) is 2.46. The number of nitrogens with one attached hydrogen (secondary N) is 1. The predicted molar refractivity (Wildman–Crippen MR) is 82.7 cm³/mol. The van der Waals surface area contributed by atoms with Gasteiger partial charge in [-0.15, -0.1) is 0 Å². The lowest BCUT2D eigenvalue weighted by molar-refractivity contribution is -0.117. The molecule has 20 heavy (non-hydrogen) atoms. The Morgan fingerprint density at radius 1 is 1.30 bits per heavy atom. The smallest absolute Gasteiger partial charge is 0.236 e. The summed E-state index contributed by atoms with van der Waals surface area (Å²) in [5.41, 5.74) is 9.59. The normalized spacial score (nSPS) is 16.6. The Morgan fingerprint density at radius 2 is 2.05 bits per heavy atom. The SMILES string of the molecule is C=C(C=C1C=C(NCC(N)=O)CCC1)c1ccccc1. The molecule has 3 nitrogen and oxygen atoms in total. The molecule has 0 radical (unpaired) electrons. The van der Waals surface area contributed by atoms with Crippen LogP contribution in [0, 0.1) is 0 Å². The number of allylic oxidation sites excluding steroid dienone is 5. The number of benzene rings is 1.